The van der Waals surface area contributed by atoms with E-state index in [0.717, 1.165) is 0 Å². The third kappa shape index (κ3) is 2.81. The molecule has 0 rings (SSSR count). The molecule has 0 atom stereocenters. The summed E-state index contributed by atoms with van der Waals surface area (Å²) >= 11 is 2.36. The molecule has 34 valence electrons. The van der Waals surface area contributed by atoms with Gasteiger partial charge in [0.15, 0.2) is 0 Å². The molecule has 0 amide bonds. The molecule has 0 nitrogen and oxygen atoms in total. The fourth-order valence-corrected chi connectivity index (χ4v) is 0.207. The number of hydrogen-bond acceptors (Lipinski definition) is 0. The summed E-state index contributed by atoms with van der Waals surface area (Å²) in [5.74, 6) is 0. The molecule has 0 aliphatic carbocycles. The zero-order valence-electron chi connectivity index (χ0n) is 3.87. The summed E-state index contributed by atoms with van der Waals surface area (Å²) in [5, 5.41) is 0. The van der Waals surface area contributed by atoms with E-state index in [9.17, 15) is 0 Å². The van der Waals surface area contributed by atoms with E-state index >= 15 is 0 Å². The summed E-state index contributed by atoms with van der Waals surface area (Å²) in [4.78, 5) is 3.75. The summed E-state index contributed by atoms with van der Waals surface area (Å²) in [6, 6.07) is 0. The van der Waals surface area contributed by atoms with Gasteiger partial charge in [-0.3, -0.25) is 0 Å². The molecule has 0 aromatic rings. The Kier molecular flexibility index (Phi) is 4.15. The van der Waals surface area contributed by atoms with Crippen molar-refractivity contribution in [3.8, 4) is 0 Å². The molecule has 6 heavy (non-hydrogen) atoms. The predicted molar refractivity (Wildman–Crippen MR) is 26.1 cm³/mol. The van der Waals surface area contributed by atoms with E-state index in [2.05, 4.69) is 28.9 Å². The molecule has 0 saturated carbocycles. The number of rotatable bonds is 2. The van der Waals surface area contributed by atoms with Crippen LogP contribution in [-0.4, -0.2) is 15.8 Å². The van der Waals surface area contributed by atoms with Crippen LogP contribution < -0.4 is 0 Å². The van der Waals surface area contributed by atoms with Crippen LogP contribution in [0.2, 0.25) is 0 Å². The van der Waals surface area contributed by atoms with E-state index in [1.165, 1.54) is 0 Å². The third-order valence-corrected chi connectivity index (χ3v) is 1.60. The normalized spacial score (nSPS) is 10.0. The second-order valence-electron chi connectivity index (χ2n) is 0.695. The molecule has 0 bridgehead atoms. The van der Waals surface area contributed by atoms with Crippen molar-refractivity contribution in [3.05, 3.63) is 23.1 Å². The monoisotopic (exact) mass is 124 g/mol. The Bertz CT molecular complexity index is 52.6. The zero-order chi connectivity index (χ0) is 4.99. The van der Waals surface area contributed by atoms with Gasteiger partial charge in [-0.2, -0.15) is 0 Å². The molecule has 0 aliphatic heterocycles. The third-order valence-electron chi connectivity index (χ3n) is 0.388. The minimum absolute atomic E-state index is 0.299. The standard InChI is InChI=1S/2C2H3.Cu.Li/c2*1-2;;/h2*1H,2H2;;. The summed E-state index contributed by atoms with van der Waals surface area (Å²) in [6.07, 6.45) is 0. The van der Waals surface area contributed by atoms with Gasteiger partial charge in [0.25, 0.3) is 0 Å². The maximum atomic E-state index is 3.57. The molecule has 0 N–H and O–H groups in total. The van der Waals surface area contributed by atoms with Crippen molar-refractivity contribution in [3.63, 3.8) is 0 Å². The topological polar surface area (TPSA) is 0 Å². The van der Waals surface area contributed by atoms with Crippen LogP contribution in [0.5, 0.6) is 0 Å². The van der Waals surface area contributed by atoms with Gasteiger partial charge in [-0.25, -0.2) is 0 Å². The second-order valence-corrected chi connectivity index (χ2v) is 2.86. The SMILES string of the molecule is [Li][Cu]([CH]=C)[CH]=C. The number of hydrogen-bond donors (Lipinski definition) is 0. The van der Waals surface area contributed by atoms with Gasteiger partial charge >= 0.3 is 50.6 Å². The minimum atomic E-state index is 0.299. The van der Waals surface area contributed by atoms with Crippen LogP contribution in [-0.2, 0) is 11.7 Å². The van der Waals surface area contributed by atoms with Gasteiger partial charge in [-0.15, -0.1) is 0 Å². The van der Waals surface area contributed by atoms with Crippen LogP contribution in [0.3, 0.4) is 0 Å². The van der Waals surface area contributed by atoms with Gasteiger partial charge in [-0.05, 0) is 0 Å². The zero-order valence-corrected chi connectivity index (χ0v) is 4.81. The van der Waals surface area contributed by atoms with Crippen LogP contribution in [0.25, 0.3) is 0 Å². The molecule has 0 radical (unpaired) electrons. The second kappa shape index (κ2) is 3.78. The van der Waals surface area contributed by atoms with Gasteiger partial charge in [0, 0.05) is 0 Å². The fraction of sp³-hybridized carbons (Fsp3) is 0. The van der Waals surface area contributed by atoms with E-state index in [0.29, 0.717) is 11.7 Å². The van der Waals surface area contributed by atoms with Crippen LogP contribution >= 0.6 is 0 Å². The van der Waals surface area contributed by atoms with E-state index in [1.54, 1.807) is 0 Å². The van der Waals surface area contributed by atoms with E-state index in [-0.39, 0.29) is 0 Å². The molecular formula is C4H6CuLi. The van der Waals surface area contributed by atoms with Crippen molar-refractivity contribution in [2.75, 3.05) is 0 Å². The summed E-state index contributed by atoms with van der Waals surface area (Å²) in [5.41, 5.74) is 0. The van der Waals surface area contributed by atoms with Crippen molar-refractivity contribution in [2.45, 2.75) is 0 Å². The maximum absolute atomic E-state index is 3.57. The first kappa shape index (κ1) is 6.60. The van der Waals surface area contributed by atoms with E-state index in [4.69, 9.17) is 0 Å². The Balaban J connectivity index is 3.21. The van der Waals surface area contributed by atoms with Crippen LogP contribution in [0.1, 0.15) is 0 Å². The van der Waals surface area contributed by atoms with Crippen molar-refractivity contribution in [1.29, 1.82) is 0 Å². The molecule has 2 heteroatoms. The average molecular weight is 125 g/mol. The Morgan fingerprint density at radius 1 is 1.33 bits per heavy atom. The van der Waals surface area contributed by atoms with Gasteiger partial charge in [0.1, 0.15) is 0 Å². The predicted octanol–water partition coefficient (Wildman–Crippen LogP) is 0.975. The molecule has 0 spiro atoms. The van der Waals surface area contributed by atoms with Crippen molar-refractivity contribution in [2.24, 2.45) is 0 Å². The van der Waals surface area contributed by atoms with Crippen LogP contribution in [0.4, 0.5) is 0 Å². The molecule has 0 heterocycles. The average Bonchev–Trinajstić information content (AvgIpc) is 1.65. The summed E-state index contributed by atoms with van der Waals surface area (Å²) < 4.78 is 0. The summed E-state index contributed by atoms with van der Waals surface area (Å²) in [7, 11) is 0. The van der Waals surface area contributed by atoms with E-state index in [1.807, 2.05) is 9.95 Å². The molecule has 0 saturated heterocycles. The molecular weight excluding hydrogens is 119 g/mol. The molecule has 0 aromatic carbocycles. The van der Waals surface area contributed by atoms with Gasteiger partial charge < -0.3 is 0 Å². The van der Waals surface area contributed by atoms with Gasteiger partial charge in [-0.1, -0.05) is 0 Å². The molecule has 0 fully saturated rings. The first-order valence-corrected chi connectivity index (χ1v) is 3.50. The van der Waals surface area contributed by atoms with Crippen molar-refractivity contribution < 1.29 is 11.7 Å². The van der Waals surface area contributed by atoms with Crippen molar-refractivity contribution >= 4 is 15.8 Å². The first-order valence-electron chi connectivity index (χ1n) is 1.47. The van der Waals surface area contributed by atoms with Crippen LogP contribution in [0.15, 0.2) is 23.1 Å². The Morgan fingerprint density at radius 3 is 1.67 bits per heavy atom. The Morgan fingerprint density at radius 2 is 1.67 bits per heavy atom. The van der Waals surface area contributed by atoms with Gasteiger partial charge in [0.2, 0.25) is 0 Å². The molecule has 0 aromatic heterocycles. The fourth-order valence-electron chi connectivity index (χ4n) is 0.0503. The first-order chi connectivity index (χ1) is 2.81. The van der Waals surface area contributed by atoms with E-state index < -0.39 is 0 Å². The molecule has 0 unspecified atom stereocenters. The Labute approximate surface area is 50.7 Å². The van der Waals surface area contributed by atoms with Crippen LogP contribution in [0, 0.1) is 0 Å². The summed E-state index contributed by atoms with van der Waals surface area (Å²) in [6.45, 7) is 7.14. The van der Waals surface area contributed by atoms with Gasteiger partial charge in [0.05, 0.1) is 0 Å². The molecule has 0 aliphatic rings. The van der Waals surface area contributed by atoms with Crippen molar-refractivity contribution in [1.82, 2.24) is 0 Å². The quantitative estimate of drug-likeness (QED) is 0.482. The Hall–Kier alpha value is 0.597.